The van der Waals surface area contributed by atoms with Crippen molar-refractivity contribution < 1.29 is 8.42 Å². The van der Waals surface area contributed by atoms with Gasteiger partial charge in [0.05, 0.1) is 5.25 Å². The zero-order valence-electron chi connectivity index (χ0n) is 8.21. The largest absolute Gasteiger partial charge is 0.319 e. The first-order valence-electron chi connectivity index (χ1n) is 4.69. The highest BCUT2D eigenvalue weighted by Crippen LogP contribution is 2.27. The van der Waals surface area contributed by atoms with Gasteiger partial charge in [-0.2, -0.15) is 0 Å². The average Bonchev–Trinajstić information content (AvgIpc) is 2.84. The molecule has 2 N–H and O–H groups in total. The van der Waals surface area contributed by atoms with Crippen LogP contribution in [0.3, 0.4) is 0 Å². The van der Waals surface area contributed by atoms with Crippen LogP contribution in [0.5, 0.6) is 0 Å². The van der Waals surface area contributed by atoms with Gasteiger partial charge in [-0.15, -0.1) is 0 Å². The van der Waals surface area contributed by atoms with Crippen molar-refractivity contribution in [2.75, 3.05) is 20.1 Å². The predicted octanol–water partition coefficient (Wildman–Crippen LogP) is -0.0763. The molecule has 0 heterocycles. The standard InChI is InChI=1S/C8H18N2O2S/c1-7(5-9-2)6-10-13(11,12)8-3-4-8/h7-10H,3-6H2,1-2H3. The lowest BCUT2D eigenvalue weighted by Gasteiger charge is -2.11. The first-order valence-corrected chi connectivity index (χ1v) is 6.24. The molecule has 1 fully saturated rings. The summed E-state index contributed by atoms with van der Waals surface area (Å²) in [6.45, 7) is 3.40. The summed E-state index contributed by atoms with van der Waals surface area (Å²) in [5, 5.41) is 2.91. The zero-order valence-corrected chi connectivity index (χ0v) is 9.02. The van der Waals surface area contributed by atoms with Crippen LogP contribution < -0.4 is 10.0 Å². The van der Waals surface area contributed by atoms with E-state index in [4.69, 9.17) is 0 Å². The van der Waals surface area contributed by atoms with E-state index >= 15 is 0 Å². The molecule has 1 atom stereocenters. The minimum atomic E-state index is -2.98. The molecule has 78 valence electrons. The SMILES string of the molecule is CNCC(C)CNS(=O)(=O)C1CC1. The quantitative estimate of drug-likeness (QED) is 0.639. The second kappa shape index (κ2) is 4.39. The monoisotopic (exact) mass is 206 g/mol. The van der Waals surface area contributed by atoms with E-state index < -0.39 is 10.0 Å². The fourth-order valence-electron chi connectivity index (χ4n) is 1.18. The molecule has 0 aromatic carbocycles. The molecular formula is C8H18N2O2S. The molecule has 1 saturated carbocycles. The molecule has 0 aromatic heterocycles. The van der Waals surface area contributed by atoms with Gasteiger partial charge in [-0.3, -0.25) is 0 Å². The molecule has 4 nitrogen and oxygen atoms in total. The average molecular weight is 206 g/mol. The molecule has 13 heavy (non-hydrogen) atoms. The zero-order chi connectivity index (χ0) is 9.90. The fourth-order valence-corrected chi connectivity index (χ4v) is 2.68. The summed E-state index contributed by atoms with van der Waals surface area (Å²) in [5.41, 5.74) is 0. The lowest BCUT2D eigenvalue weighted by Crippen LogP contribution is -2.34. The Morgan fingerprint density at radius 3 is 2.46 bits per heavy atom. The number of nitrogens with one attached hydrogen (secondary N) is 2. The summed E-state index contributed by atoms with van der Waals surface area (Å²) in [4.78, 5) is 0. The molecule has 0 spiro atoms. The van der Waals surface area contributed by atoms with Crippen molar-refractivity contribution in [2.45, 2.75) is 25.0 Å². The molecule has 0 amide bonds. The Morgan fingerprint density at radius 1 is 1.38 bits per heavy atom. The van der Waals surface area contributed by atoms with E-state index in [0.29, 0.717) is 12.5 Å². The van der Waals surface area contributed by atoms with Gasteiger partial charge in [-0.1, -0.05) is 6.92 Å². The molecular weight excluding hydrogens is 188 g/mol. The van der Waals surface area contributed by atoms with Gasteiger partial charge in [0.15, 0.2) is 0 Å². The number of rotatable bonds is 6. The maximum absolute atomic E-state index is 11.4. The van der Waals surface area contributed by atoms with Gasteiger partial charge in [-0.25, -0.2) is 13.1 Å². The van der Waals surface area contributed by atoms with Gasteiger partial charge >= 0.3 is 0 Å². The van der Waals surface area contributed by atoms with E-state index in [1.807, 2.05) is 14.0 Å². The Morgan fingerprint density at radius 2 is 2.00 bits per heavy atom. The summed E-state index contributed by atoms with van der Waals surface area (Å²) in [5.74, 6) is 0.346. The van der Waals surface area contributed by atoms with Gasteiger partial charge in [0.1, 0.15) is 0 Å². The van der Waals surface area contributed by atoms with Crippen LogP contribution in [0.25, 0.3) is 0 Å². The normalized spacial score (nSPS) is 20.2. The van der Waals surface area contributed by atoms with E-state index in [9.17, 15) is 8.42 Å². The molecule has 0 aliphatic heterocycles. The number of hydrogen-bond acceptors (Lipinski definition) is 3. The number of sulfonamides is 1. The third-order valence-electron chi connectivity index (χ3n) is 2.15. The van der Waals surface area contributed by atoms with E-state index in [1.54, 1.807) is 0 Å². The van der Waals surface area contributed by atoms with Crippen molar-refractivity contribution in [1.82, 2.24) is 10.0 Å². The van der Waals surface area contributed by atoms with Crippen LogP contribution in [0.4, 0.5) is 0 Å². The minimum absolute atomic E-state index is 0.103. The van der Waals surface area contributed by atoms with Gasteiger partial charge < -0.3 is 5.32 Å². The van der Waals surface area contributed by atoms with Crippen LogP contribution in [0, 0.1) is 5.92 Å². The molecule has 0 saturated heterocycles. The van der Waals surface area contributed by atoms with Gasteiger partial charge in [0, 0.05) is 6.54 Å². The van der Waals surface area contributed by atoms with Crippen molar-refractivity contribution in [1.29, 1.82) is 0 Å². The van der Waals surface area contributed by atoms with Crippen LogP contribution in [-0.4, -0.2) is 33.8 Å². The summed E-state index contributed by atoms with van der Waals surface area (Å²) in [7, 11) is -1.11. The Bertz CT molecular complexity index is 247. The topological polar surface area (TPSA) is 58.2 Å². The highest BCUT2D eigenvalue weighted by Gasteiger charge is 2.35. The van der Waals surface area contributed by atoms with Crippen molar-refractivity contribution >= 4 is 10.0 Å². The molecule has 0 bridgehead atoms. The first kappa shape index (κ1) is 10.9. The lowest BCUT2D eigenvalue weighted by molar-refractivity contribution is 0.518. The van der Waals surface area contributed by atoms with Crippen LogP contribution in [-0.2, 0) is 10.0 Å². The summed E-state index contributed by atoms with van der Waals surface area (Å²) >= 11 is 0. The van der Waals surface area contributed by atoms with Gasteiger partial charge in [0.25, 0.3) is 0 Å². The maximum Gasteiger partial charge on any atom is 0.214 e. The Labute approximate surface area is 80.1 Å². The van der Waals surface area contributed by atoms with E-state index in [-0.39, 0.29) is 5.25 Å². The van der Waals surface area contributed by atoms with Crippen molar-refractivity contribution in [2.24, 2.45) is 5.92 Å². The van der Waals surface area contributed by atoms with E-state index in [2.05, 4.69) is 10.0 Å². The Balaban J connectivity index is 2.24. The molecule has 1 aliphatic rings. The summed E-state index contributed by atoms with van der Waals surface area (Å²) in [6.07, 6.45) is 1.66. The van der Waals surface area contributed by atoms with Crippen molar-refractivity contribution in [3.63, 3.8) is 0 Å². The smallest absolute Gasteiger partial charge is 0.214 e. The van der Waals surface area contributed by atoms with Crippen LogP contribution in [0.2, 0.25) is 0 Å². The molecule has 1 rings (SSSR count). The highest BCUT2D eigenvalue weighted by atomic mass is 32.2. The summed E-state index contributed by atoms with van der Waals surface area (Å²) < 4.78 is 25.4. The lowest BCUT2D eigenvalue weighted by atomic mass is 10.2. The Kier molecular flexibility index (Phi) is 3.70. The molecule has 5 heteroatoms. The second-order valence-corrected chi connectivity index (χ2v) is 5.80. The van der Waals surface area contributed by atoms with Gasteiger partial charge in [0.2, 0.25) is 10.0 Å². The molecule has 1 aliphatic carbocycles. The van der Waals surface area contributed by atoms with E-state index in [1.165, 1.54) is 0 Å². The Hall–Kier alpha value is -0.130. The second-order valence-electron chi connectivity index (χ2n) is 3.76. The van der Waals surface area contributed by atoms with Gasteiger partial charge in [-0.05, 0) is 32.4 Å². The van der Waals surface area contributed by atoms with Crippen LogP contribution in [0.15, 0.2) is 0 Å². The van der Waals surface area contributed by atoms with Crippen molar-refractivity contribution in [3.05, 3.63) is 0 Å². The number of hydrogen-bond donors (Lipinski definition) is 2. The highest BCUT2D eigenvalue weighted by molar-refractivity contribution is 7.90. The first-order chi connectivity index (χ1) is 6.06. The predicted molar refractivity (Wildman–Crippen MR) is 53.0 cm³/mol. The van der Waals surface area contributed by atoms with E-state index in [0.717, 1.165) is 19.4 Å². The van der Waals surface area contributed by atoms with Crippen molar-refractivity contribution in [3.8, 4) is 0 Å². The van der Waals surface area contributed by atoms with Crippen LogP contribution in [0.1, 0.15) is 19.8 Å². The fraction of sp³-hybridized carbons (Fsp3) is 1.00. The molecule has 0 aromatic rings. The molecule has 1 unspecified atom stereocenters. The maximum atomic E-state index is 11.4. The third kappa shape index (κ3) is 3.62. The minimum Gasteiger partial charge on any atom is -0.319 e. The van der Waals surface area contributed by atoms with Crippen LogP contribution >= 0.6 is 0 Å². The molecule has 0 radical (unpaired) electrons. The third-order valence-corrected chi connectivity index (χ3v) is 4.07. The summed E-state index contributed by atoms with van der Waals surface area (Å²) in [6, 6.07) is 0.